The molecule has 0 aliphatic carbocycles. The summed E-state index contributed by atoms with van der Waals surface area (Å²) in [5.74, 6) is 0.0312. The molecule has 1 fully saturated rings. The van der Waals surface area contributed by atoms with Gasteiger partial charge in [-0.15, -0.1) is 11.3 Å². The van der Waals surface area contributed by atoms with E-state index >= 15 is 0 Å². The number of carbonyl (C=O) groups excluding carboxylic acids is 1. The fourth-order valence-corrected chi connectivity index (χ4v) is 3.66. The Morgan fingerprint density at radius 3 is 2.96 bits per heavy atom. The number of morpholine rings is 1. The summed E-state index contributed by atoms with van der Waals surface area (Å²) in [5, 5.41) is 5.08. The Balaban J connectivity index is 1.55. The smallest absolute Gasteiger partial charge is 0.226 e. The van der Waals surface area contributed by atoms with Gasteiger partial charge in [0.05, 0.1) is 25.3 Å². The van der Waals surface area contributed by atoms with E-state index in [0.29, 0.717) is 13.0 Å². The first-order chi connectivity index (χ1) is 11.1. The van der Waals surface area contributed by atoms with Crippen molar-refractivity contribution in [2.45, 2.75) is 32.2 Å². The molecule has 3 rings (SSSR count). The van der Waals surface area contributed by atoms with E-state index < -0.39 is 0 Å². The number of amides is 1. The number of nitrogens with zero attached hydrogens (tertiary/aromatic N) is 3. The van der Waals surface area contributed by atoms with E-state index in [1.54, 1.807) is 11.3 Å². The van der Waals surface area contributed by atoms with Crippen molar-refractivity contribution in [3.8, 4) is 0 Å². The summed E-state index contributed by atoms with van der Waals surface area (Å²) in [7, 11) is 0. The predicted molar refractivity (Wildman–Crippen MR) is 90.9 cm³/mol. The van der Waals surface area contributed by atoms with Crippen LogP contribution in [0.25, 0.3) is 4.96 Å². The van der Waals surface area contributed by atoms with Crippen LogP contribution in [0.4, 0.5) is 0 Å². The van der Waals surface area contributed by atoms with Crippen molar-refractivity contribution in [3.63, 3.8) is 0 Å². The number of ether oxygens (including phenoxy) is 1. The fraction of sp³-hybridized carbons (Fsp3) is 0.625. The van der Waals surface area contributed by atoms with Gasteiger partial charge in [-0.1, -0.05) is 6.92 Å². The zero-order valence-electron chi connectivity index (χ0n) is 13.7. The van der Waals surface area contributed by atoms with E-state index in [1.807, 2.05) is 22.2 Å². The maximum absolute atomic E-state index is 12.3. The maximum Gasteiger partial charge on any atom is 0.226 e. The molecule has 1 aliphatic heterocycles. The van der Waals surface area contributed by atoms with Gasteiger partial charge < -0.3 is 10.1 Å². The molecule has 1 unspecified atom stereocenters. The van der Waals surface area contributed by atoms with Crippen molar-refractivity contribution in [2.24, 2.45) is 0 Å². The Hall–Kier alpha value is -1.44. The average Bonchev–Trinajstić information content (AvgIpc) is 3.15. The molecule has 3 heterocycles. The standard InChI is InChI=1S/C16H24N4O2S/c1-3-16(2,20-4-7-22-8-5-20)12-17-14(21)10-13-11-19-6-9-23-15(19)18-13/h6,9,11H,3-5,7-8,10,12H2,1-2H3,(H,17,21). The molecule has 0 bridgehead atoms. The summed E-state index contributed by atoms with van der Waals surface area (Å²) in [6.07, 6.45) is 5.21. The van der Waals surface area contributed by atoms with Crippen LogP contribution in [0.3, 0.4) is 0 Å². The van der Waals surface area contributed by atoms with E-state index in [9.17, 15) is 4.79 Å². The van der Waals surface area contributed by atoms with Gasteiger partial charge in [-0.2, -0.15) is 0 Å². The minimum absolute atomic E-state index is 0.0199. The zero-order valence-corrected chi connectivity index (χ0v) is 14.6. The molecule has 1 amide bonds. The van der Waals surface area contributed by atoms with Crippen molar-refractivity contribution in [2.75, 3.05) is 32.8 Å². The molecular weight excluding hydrogens is 312 g/mol. The van der Waals surface area contributed by atoms with Gasteiger partial charge >= 0.3 is 0 Å². The van der Waals surface area contributed by atoms with E-state index in [4.69, 9.17) is 4.74 Å². The zero-order chi connectivity index (χ0) is 16.3. The molecule has 0 aromatic carbocycles. The monoisotopic (exact) mass is 336 g/mol. The molecule has 1 saturated heterocycles. The summed E-state index contributed by atoms with van der Waals surface area (Å²) in [4.78, 5) is 20.1. The second-order valence-electron chi connectivity index (χ2n) is 6.23. The van der Waals surface area contributed by atoms with E-state index in [-0.39, 0.29) is 11.4 Å². The molecule has 126 valence electrons. The third-order valence-corrected chi connectivity index (χ3v) is 5.46. The Morgan fingerprint density at radius 2 is 2.26 bits per heavy atom. The lowest BCUT2D eigenvalue weighted by Crippen LogP contribution is -2.57. The van der Waals surface area contributed by atoms with E-state index in [1.165, 1.54) is 0 Å². The van der Waals surface area contributed by atoms with Gasteiger partial charge in [0.15, 0.2) is 4.96 Å². The van der Waals surface area contributed by atoms with Crippen LogP contribution in [-0.2, 0) is 16.0 Å². The maximum atomic E-state index is 12.3. The average molecular weight is 336 g/mol. The van der Waals surface area contributed by atoms with Crippen LogP contribution in [0, 0.1) is 0 Å². The van der Waals surface area contributed by atoms with Gasteiger partial charge in [0.2, 0.25) is 5.91 Å². The number of hydrogen-bond acceptors (Lipinski definition) is 5. The second-order valence-corrected chi connectivity index (χ2v) is 7.10. The summed E-state index contributed by atoms with van der Waals surface area (Å²) in [6.45, 7) is 8.44. The van der Waals surface area contributed by atoms with Gasteiger partial charge in [-0.3, -0.25) is 14.1 Å². The number of hydrogen-bond donors (Lipinski definition) is 1. The van der Waals surface area contributed by atoms with Crippen molar-refractivity contribution >= 4 is 22.2 Å². The topological polar surface area (TPSA) is 58.9 Å². The number of rotatable bonds is 6. The van der Waals surface area contributed by atoms with Crippen LogP contribution in [0.2, 0.25) is 0 Å². The molecule has 1 atom stereocenters. The number of imidazole rings is 1. The molecular formula is C16H24N4O2S. The molecule has 0 saturated carbocycles. The summed E-state index contributed by atoms with van der Waals surface area (Å²) < 4.78 is 7.38. The van der Waals surface area contributed by atoms with Gasteiger partial charge in [-0.25, -0.2) is 4.98 Å². The number of fused-ring (bicyclic) bond motifs is 1. The largest absolute Gasteiger partial charge is 0.379 e. The Labute approximate surface area is 140 Å². The molecule has 6 nitrogen and oxygen atoms in total. The third-order valence-electron chi connectivity index (χ3n) is 4.69. The number of aromatic nitrogens is 2. The molecule has 2 aromatic rings. The van der Waals surface area contributed by atoms with Crippen molar-refractivity contribution < 1.29 is 9.53 Å². The second kappa shape index (κ2) is 6.98. The highest BCUT2D eigenvalue weighted by molar-refractivity contribution is 7.15. The normalized spacial score (nSPS) is 18.9. The summed E-state index contributed by atoms with van der Waals surface area (Å²) >= 11 is 1.58. The molecule has 1 N–H and O–H groups in total. The molecule has 0 radical (unpaired) electrons. The minimum atomic E-state index is -0.0199. The van der Waals surface area contributed by atoms with Crippen LogP contribution >= 0.6 is 11.3 Å². The molecule has 7 heteroatoms. The van der Waals surface area contributed by atoms with Crippen LogP contribution in [0.5, 0.6) is 0 Å². The lowest BCUT2D eigenvalue weighted by atomic mass is 9.95. The van der Waals surface area contributed by atoms with Gasteiger partial charge in [0.25, 0.3) is 0 Å². The lowest BCUT2D eigenvalue weighted by molar-refractivity contribution is -0.121. The van der Waals surface area contributed by atoms with Crippen molar-refractivity contribution in [1.29, 1.82) is 0 Å². The number of nitrogens with one attached hydrogen (secondary N) is 1. The summed E-state index contributed by atoms with van der Waals surface area (Å²) in [5.41, 5.74) is 0.799. The highest BCUT2D eigenvalue weighted by Gasteiger charge is 2.31. The van der Waals surface area contributed by atoms with Gasteiger partial charge in [0, 0.05) is 42.9 Å². The fourth-order valence-electron chi connectivity index (χ4n) is 2.94. The number of carbonyl (C=O) groups is 1. The van der Waals surface area contributed by atoms with Crippen LogP contribution < -0.4 is 5.32 Å². The van der Waals surface area contributed by atoms with E-state index in [2.05, 4.69) is 29.0 Å². The first-order valence-corrected chi connectivity index (χ1v) is 8.99. The molecule has 2 aromatic heterocycles. The molecule has 1 aliphatic rings. The Bertz CT molecular complexity index is 633. The first kappa shape index (κ1) is 16.4. The van der Waals surface area contributed by atoms with Gasteiger partial charge in [0.1, 0.15) is 0 Å². The SMILES string of the molecule is CCC(C)(CNC(=O)Cc1cn2ccsc2n1)N1CCOCC1. The number of thiazole rings is 1. The lowest BCUT2D eigenvalue weighted by Gasteiger charge is -2.43. The third kappa shape index (κ3) is 3.73. The molecule has 23 heavy (non-hydrogen) atoms. The molecule has 0 spiro atoms. The highest BCUT2D eigenvalue weighted by Crippen LogP contribution is 2.20. The highest BCUT2D eigenvalue weighted by atomic mass is 32.1. The van der Waals surface area contributed by atoms with Crippen LogP contribution in [0.1, 0.15) is 26.0 Å². The van der Waals surface area contributed by atoms with Crippen LogP contribution in [-0.4, -0.2) is 58.6 Å². The summed E-state index contributed by atoms with van der Waals surface area (Å²) in [6, 6.07) is 0. The van der Waals surface area contributed by atoms with E-state index in [0.717, 1.165) is 43.4 Å². The van der Waals surface area contributed by atoms with Crippen molar-refractivity contribution in [1.82, 2.24) is 19.6 Å². The van der Waals surface area contributed by atoms with Gasteiger partial charge in [-0.05, 0) is 13.3 Å². The predicted octanol–water partition coefficient (Wildman–Crippen LogP) is 1.56. The minimum Gasteiger partial charge on any atom is -0.379 e. The first-order valence-electron chi connectivity index (χ1n) is 8.11. The van der Waals surface area contributed by atoms with Crippen LogP contribution in [0.15, 0.2) is 17.8 Å². The quantitative estimate of drug-likeness (QED) is 0.870. The van der Waals surface area contributed by atoms with Crippen molar-refractivity contribution in [3.05, 3.63) is 23.5 Å². The Morgan fingerprint density at radius 1 is 1.48 bits per heavy atom. The Kier molecular flexibility index (Phi) is 4.99.